The molecule has 3 nitrogen and oxygen atoms in total. The second kappa shape index (κ2) is 4.21. The summed E-state index contributed by atoms with van der Waals surface area (Å²) < 4.78 is 5.52. The highest BCUT2D eigenvalue weighted by atomic mass is 16.5. The molecule has 0 saturated carbocycles. The molecule has 3 N–H and O–H groups in total. The highest BCUT2D eigenvalue weighted by molar-refractivity contribution is 4.83. The van der Waals surface area contributed by atoms with E-state index in [1.165, 1.54) is 0 Å². The van der Waals surface area contributed by atoms with E-state index in [2.05, 4.69) is 0 Å². The summed E-state index contributed by atoms with van der Waals surface area (Å²) in [7, 11) is 0. The zero-order valence-corrected chi connectivity index (χ0v) is 7.86. The number of ether oxygens (including phenoxy) is 1. The summed E-state index contributed by atoms with van der Waals surface area (Å²) in [6.45, 7) is 4.01. The summed E-state index contributed by atoms with van der Waals surface area (Å²) in [5.41, 5.74) is 5.71. The van der Waals surface area contributed by atoms with E-state index in [1.54, 1.807) is 0 Å². The van der Waals surface area contributed by atoms with Gasteiger partial charge in [-0.25, -0.2) is 0 Å². The van der Waals surface area contributed by atoms with Crippen molar-refractivity contribution in [3.63, 3.8) is 0 Å². The van der Waals surface area contributed by atoms with Crippen LogP contribution in [-0.2, 0) is 4.74 Å². The molecule has 4 atom stereocenters. The molecule has 1 aliphatic heterocycles. The molecule has 72 valence electrons. The number of rotatable bonds is 3. The summed E-state index contributed by atoms with van der Waals surface area (Å²) in [5, 5.41) is 9.69. The number of aliphatic hydroxyl groups is 1. The quantitative estimate of drug-likeness (QED) is 0.659. The Bertz CT molecular complexity index is 140. The first-order valence-electron chi connectivity index (χ1n) is 4.74. The fourth-order valence-electron chi connectivity index (χ4n) is 1.60. The van der Waals surface area contributed by atoms with Crippen LogP contribution in [-0.4, -0.2) is 29.5 Å². The van der Waals surface area contributed by atoms with Crippen molar-refractivity contribution in [1.29, 1.82) is 0 Å². The van der Waals surface area contributed by atoms with Crippen LogP contribution in [0, 0.1) is 0 Å². The van der Waals surface area contributed by atoms with Crippen molar-refractivity contribution >= 4 is 0 Å². The molecule has 0 amide bonds. The Morgan fingerprint density at radius 3 is 2.67 bits per heavy atom. The van der Waals surface area contributed by atoms with Crippen LogP contribution in [0.3, 0.4) is 0 Å². The SMILES string of the molecule is CCC(N)C(O)C1CCC(C)O1. The van der Waals surface area contributed by atoms with Gasteiger partial charge in [0.1, 0.15) is 0 Å². The van der Waals surface area contributed by atoms with Crippen molar-refractivity contribution in [3.05, 3.63) is 0 Å². The lowest BCUT2D eigenvalue weighted by molar-refractivity contribution is -0.0386. The Labute approximate surface area is 73.9 Å². The largest absolute Gasteiger partial charge is 0.389 e. The summed E-state index contributed by atoms with van der Waals surface area (Å²) >= 11 is 0. The molecular formula is C9H19NO2. The first-order chi connectivity index (χ1) is 5.65. The minimum absolute atomic E-state index is 0.0325. The van der Waals surface area contributed by atoms with E-state index in [0.717, 1.165) is 19.3 Å². The maximum atomic E-state index is 9.69. The average molecular weight is 173 g/mol. The highest BCUT2D eigenvalue weighted by Crippen LogP contribution is 2.23. The van der Waals surface area contributed by atoms with Gasteiger partial charge in [0.15, 0.2) is 0 Å². The summed E-state index contributed by atoms with van der Waals surface area (Å²) in [6.07, 6.45) is 2.55. The second-order valence-electron chi connectivity index (χ2n) is 3.63. The normalized spacial score (nSPS) is 35.0. The molecule has 1 heterocycles. The van der Waals surface area contributed by atoms with Crippen LogP contribution in [0.5, 0.6) is 0 Å². The van der Waals surface area contributed by atoms with E-state index >= 15 is 0 Å². The maximum absolute atomic E-state index is 9.69. The predicted molar refractivity (Wildman–Crippen MR) is 47.8 cm³/mol. The fraction of sp³-hybridized carbons (Fsp3) is 1.00. The molecule has 12 heavy (non-hydrogen) atoms. The van der Waals surface area contributed by atoms with E-state index in [-0.39, 0.29) is 18.2 Å². The molecule has 4 unspecified atom stereocenters. The lowest BCUT2D eigenvalue weighted by Crippen LogP contribution is -2.42. The van der Waals surface area contributed by atoms with Gasteiger partial charge < -0.3 is 15.6 Å². The van der Waals surface area contributed by atoms with Gasteiger partial charge in [0.05, 0.1) is 18.3 Å². The zero-order valence-electron chi connectivity index (χ0n) is 7.86. The van der Waals surface area contributed by atoms with Gasteiger partial charge in [-0.2, -0.15) is 0 Å². The van der Waals surface area contributed by atoms with Gasteiger partial charge in [0.25, 0.3) is 0 Å². The van der Waals surface area contributed by atoms with Crippen molar-refractivity contribution in [2.45, 2.75) is 57.5 Å². The van der Waals surface area contributed by atoms with Crippen molar-refractivity contribution in [1.82, 2.24) is 0 Å². The molecular weight excluding hydrogens is 154 g/mol. The summed E-state index contributed by atoms with van der Waals surface area (Å²) in [6, 6.07) is -0.139. The molecule has 0 aromatic rings. The minimum atomic E-state index is -0.486. The van der Waals surface area contributed by atoms with E-state index in [1.807, 2.05) is 13.8 Å². The molecule has 0 spiro atoms. The van der Waals surface area contributed by atoms with Gasteiger partial charge in [-0.3, -0.25) is 0 Å². The lowest BCUT2D eigenvalue weighted by atomic mass is 10.0. The molecule has 1 saturated heterocycles. The number of hydrogen-bond donors (Lipinski definition) is 2. The third kappa shape index (κ3) is 2.19. The number of aliphatic hydroxyl groups excluding tert-OH is 1. The van der Waals surface area contributed by atoms with Crippen LogP contribution >= 0.6 is 0 Å². The molecule has 1 rings (SSSR count). The van der Waals surface area contributed by atoms with Crippen molar-refractivity contribution in [3.8, 4) is 0 Å². The maximum Gasteiger partial charge on any atom is 0.0952 e. The van der Waals surface area contributed by atoms with Gasteiger partial charge >= 0.3 is 0 Å². The average Bonchev–Trinajstić information content (AvgIpc) is 2.49. The molecule has 0 radical (unpaired) electrons. The molecule has 1 aliphatic rings. The van der Waals surface area contributed by atoms with Crippen molar-refractivity contribution in [2.75, 3.05) is 0 Å². The zero-order chi connectivity index (χ0) is 9.14. The van der Waals surface area contributed by atoms with Crippen LogP contribution in [0.2, 0.25) is 0 Å². The van der Waals surface area contributed by atoms with E-state index in [0.29, 0.717) is 0 Å². The predicted octanol–water partition coefficient (Wildman–Crippen LogP) is 0.652. The third-order valence-corrected chi connectivity index (χ3v) is 2.56. The third-order valence-electron chi connectivity index (χ3n) is 2.56. The van der Waals surface area contributed by atoms with Crippen molar-refractivity contribution < 1.29 is 9.84 Å². The van der Waals surface area contributed by atoms with Gasteiger partial charge in [0, 0.05) is 6.04 Å². The first-order valence-corrected chi connectivity index (χ1v) is 4.74. The van der Waals surface area contributed by atoms with E-state index in [4.69, 9.17) is 10.5 Å². The smallest absolute Gasteiger partial charge is 0.0952 e. The van der Waals surface area contributed by atoms with Crippen LogP contribution in [0.25, 0.3) is 0 Å². The van der Waals surface area contributed by atoms with Gasteiger partial charge in [-0.05, 0) is 26.2 Å². The fourth-order valence-corrected chi connectivity index (χ4v) is 1.60. The Hall–Kier alpha value is -0.120. The first kappa shape index (κ1) is 9.96. The monoisotopic (exact) mass is 173 g/mol. The molecule has 1 fully saturated rings. The van der Waals surface area contributed by atoms with Gasteiger partial charge in [-0.1, -0.05) is 6.92 Å². The standard InChI is InChI=1S/C9H19NO2/c1-3-7(10)9(11)8-5-4-6(2)12-8/h6-9,11H,3-5,10H2,1-2H3. The van der Waals surface area contributed by atoms with Crippen LogP contribution in [0.4, 0.5) is 0 Å². The highest BCUT2D eigenvalue weighted by Gasteiger charge is 2.30. The molecule has 0 aromatic carbocycles. The van der Waals surface area contributed by atoms with E-state index in [9.17, 15) is 5.11 Å². The van der Waals surface area contributed by atoms with Crippen molar-refractivity contribution in [2.24, 2.45) is 5.73 Å². The lowest BCUT2D eigenvalue weighted by Gasteiger charge is -2.23. The molecule has 0 aliphatic carbocycles. The molecule has 0 bridgehead atoms. The molecule has 3 heteroatoms. The van der Waals surface area contributed by atoms with Crippen LogP contribution in [0.15, 0.2) is 0 Å². The Balaban J connectivity index is 2.37. The topological polar surface area (TPSA) is 55.5 Å². The minimum Gasteiger partial charge on any atom is -0.389 e. The Morgan fingerprint density at radius 2 is 2.25 bits per heavy atom. The Morgan fingerprint density at radius 1 is 1.58 bits per heavy atom. The summed E-state index contributed by atoms with van der Waals surface area (Å²) in [5.74, 6) is 0. The van der Waals surface area contributed by atoms with E-state index < -0.39 is 6.10 Å². The number of nitrogens with two attached hydrogens (primary N) is 1. The summed E-state index contributed by atoms with van der Waals surface area (Å²) in [4.78, 5) is 0. The van der Waals surface area contributed by atoms with Crippen LogP contribution in [0.1, 0.15) is 33.1 Å². The Kier molecular flexibility index (Phi) is 3.50. The second-order valence-corrected chi connectivity index (χ2v) is 3.63. The van der Waals surface area contributed by atoms with Gasteiger partial charge in [0.2, 0.25) is 0 Å². The van der Waals surface area contributed by atoms with Gasteiger partial charge in [-0.15, -0.1) is 0 Å². The number of hydrogen-bond acceptors (Lipinski definition) is 3. The van der Waals surface area contributed by atoms with Crippen LogP contribution < -0.4 is 5.73 Å². The molecule has 0 aromatic heterocycles.